The zero-order valence-electron chi connectivity index (χ0n) is 11.7. The molecule has 1 nitrogen and oxygen atoms in total. The lowest BCUT2D eigenvalue weighted by molar-refractivity contribution is 0.537. The van der Waals surface area contributed by atoms with Crippen molar-refractivity contribution < 1.29 is 0 Å². The number of nitrogens with zero attached hydrogens (tertiary/aromatic N) is 1. The van der Waals surface area contributed by atoms with Gasteiger partial charge in [-0.25, -0.2) is 0 Å². The maximum Gasteiger partial charge on any atom is 0.0632 e. The van der Waals surface area contributed by atoms with Gasteiger partial charge in [0.05, 0.1) is 5.69 Å². The Bertz CT molecular complexity index is 611. The highest BCUT2D eigenvalue weighted by molar-refractivity contribution is 5.97. The van der Waals surface area contributed by atoms with Crippen molar-refractivity contribution in [3.05, 3.63) is 78.4 Å². The van der Waals surface area contributed by atoms with E-state index in [2.05, 4.69) is 61.5 Å². The molecule has 0 amide bonds. The molecule has 1 aliphatic carbocycles. The summed E-state index contributed by atoms with van der Waals surface area (Å²) in [6, 6.07) is 20.9. The molecule has 3 rings (SSSR count). The van der Waals surface area contributed by atoms with Crippen LogP contribution in [0.2, 0.25) is 0 Å². The molecule has 0 saturated heterocycles. The number of rotatable bonds is 2. The largest absolute Gasteiger partial charge is 0.253 e. The van der Waals surface area contributed by atoms with Gasteiger partial charge in [0.2, 0.25) is 0 Å². The van der Waals surface area contributed by atoms with Crippen molar-refractivity contribution in [2.45, 2.75) is 19.3 Å². The molecular weight excluding hydrogens is 242 g/mol. The Hall–Kier alpha value is -2.15. The van der Waals surface area contributed by atoms with Crippen LogP contribution in [0.4, 0.5) is 5.69 Å². The third kappa shape index (κ3) is 2.88. The topological polar surface area (TPSA) is 12.4 Å². The first-order valence-corrected chi connectivity index (χ1v) is 7.19. The summed E-state index contributed by atoms with van der Waals surface area (Å²) in [7, 11) is 0. The highest BCUT2D eigenvalue weighted by Crippen LogP contribution is 2.32. The smallest absolute Gasteiger partial charge is 0.0632 e. The minimum absolute atomic E-state index is 0.505. The number of benzene rings is 2. The Kier molecular flexibility index (Phi) is 3.78. The minimum Gasteiger partial charge on any atom is -0.253 e. The van der Waals surface area contributed by atoms with Gasteiger partial charge in [-0.3, -0.25) is 4.99 Å². The number of para-hydroxylation sites is 1. The summed E-state index contributed by atoms with van der Waals surface area (Å²) in [6.45, 7) is 2.31. The van der Waals surface area contributed by atoms with E-state index in [1.165, 1.54) is 11.3 Å². The number of allylic oxidation sites excluding steroid dienone is 2. The van der Waals surface area contributed by atoms with Gasteiger partial charge >= 0.3 is 0 Å². The van der Waals surface area contributed by atoms with Crippen LogP contribution >= 0.6 is 0 Å². The third-order valence-electron chi connectivity index (χ3n) is 3.85. The molecule has 0 radical (unpaired) electrons. The van der Waals surface area contributed by atoms with E-state index >= 15 is 0 Å². The minimum atomic E-state index is 0.505. The van der Waals surface area contributed by atoms with Crippen molar-refractivity contribution in [2.24, 2.45) is 10.9 Å². The molecule has 2 unspecified atom stereocenters. The number of hydrogen-bond donors (Lipinski definition) is 0. The monoisotopic (exact) mass is 261 g/mol. The average Bonchev–Trinajstić information content (AvgIpc) is 2.49. The molecule has 100 valence electrons. The summed E-state index contributed by atoms with van der Waals surface area (Å²) in [5.41, 5.74) is 3.61. The predicted octanol–water partition coefficient (Wildman–Crippen LogP) is 5.14. The average molecular weight is 261 g/mol. The number of hydrogen-bond acceptors (Lipinski definition) is 1. The fraction of sp³-hybridized carbons (Fsp3) is 0.211. The fourth-order valence-electron chi connectivity index (χ4n) is 2.80. The molecule has 1 heteroatoms. The molecule has 0 fully saturated rings. The first-order chi connectivity index (χ1) is 9.83. The van der Waals surface area contributed by atoms with E-state index in [0.29, 0.717) is 11.8 Å². The summed E-state index contributed by atoms with van der Waals surface area (Å²) in [4.78, 5) is 4.73. The first kappa shape index (κ1) is 12.9. The Labute approximate surface area is 120 Å². The second-order valence-electron chi connectivity index (χ2n) is 5.42. The van der Waals surface area contributed by atoms with E-state index in [1.54, 1.807) is 0 Å². The summed E-state index contributed by atoms with van der Waals surface area (Å²) in [6.07, 6.45) is 5.51. The zero-order chi connectivity index (χ0) is 13.8. The molecule has 0 aromatic heterocycles. The van der Waals surface area contributed by atoms with Gasteiger partial charge in [0.15, 0.2) is 0 Å². The highest BCUT2D eigenvalue weighted by Gasteiger charge is 2.21. The Morgan fingerprint density at radius 3 is 2.20 bits per heavy atom. The molecule has 0 aliphatic heterocycles. The van der Waals surface area contributed by atoms with Crippen molar-refractivity contribution in [3.63, 3.8) is 0 Å². The quantitative estimate of drug-likeness (QED) is 0.710. The molecule has 0 spiro atoms. The Morgan fingerprint density at radius 1 is 0.900 bits per heavy atom. The van der Waals surface area contributed by atoms with Crippen molar-refractivity contribution in [1.29, 1.82) is 0 Å². The van der Waals surface area contributed by atoms with E-state index in [0.717, 1.165) is 12.1 Å². The fourth-order valence-corrected chi connectivity index (χ4v) is 2.80. The Balaban J connectivity index is 1.83. The second kappa shape index (κ2) is 5.87. The maximum absolute atomic E-state index is 4.73. The van der Waals surface area contributed by atoms with Gasteiger partial charge in [-0.15, -0.1) is 0 Å². The van der Waals surface area contributed by atoms with Crippen LogP contribution in [0.5, 0.6) is 0 Å². The standard InChI is InChI=1S/C19H19N/c1-15-14-18(20-17-10-6-3-7-11-17)12-13-19(15)16-8-4-2-5-9-16/h2-13,15,19H,14H2,1H3. The molecule has 20 heavy (non-hydrogen) atoms. The molecule has 0 N–H and O–H groups in total. The Morgan fingerprint density at radius 2 is 1.55 bits per heavy atom. The van der Waals surface area contributed by atoms with Gasteiger partial charge in [-0.1, -0.05) is 61.5 Å². The van der Waals surface area contributed by atoms with Crippen molar-refractivity contribution in [1.82, 2.24) is 0 Å². The number of aliphatic imine (C=N–C) groups is 1. The molecule has 2 aromatic rings. The second-order valence-corrected chi connectivity index (χ2v) is 5.42. The molecule has 0 saturated carbocycles. The summed E-state index contributed by atoms with van der Waals surface area (Å²) >= 11 is 0. The van der Waals surface area contributed by atoms with Crippen LogP contribution in [-0.2, 0) is 0 Å². The molecular formula is C19H19N. The lowest BCUT2D eigenvalue weighted by Gasteiger charge is -2.25. The third-order valence-corrected chi connectivity index (χ3v) is 3.85. The van der Waals surface area contributed by atoms with E-state index in [-0.39, 0.29) is 0 Å². The highest BCUT2D eigenvalue weighted by atomic mass is 14.7. The maximum atomic E-state index is 4.73. The van der Waals surface area contributed by atoms with Gasteiger partial charge in [0.1, 0.15) is 0 Å². The van der Waals surface area contributed by atoms with Crippen LogP contribution in [0.1, 0.15) is 24.8 Å². The lowest BCUT2D eigenvalue weighted by atomic mass is 9.80. The van der Waals surface area contributed by atoms with Crippen LogP contribution in [0.25, 0.3) is 0 Å². The van der Waals surface area contributed by atoms with Crippen LogP contribution in [0, 0.1) is 5.92 Å². The predicted molar refractivity (Wildman–Crippen MR) is 85.6 cm³/mol. The van der Waals surface area contributed by atoms with Crippen LogP contribution in [0.3, 0.4) is 0 Å². The van der Waals surface area contributed by atoms with Gasteiger partial charge < -0.3 is 0 Å². The van der Waals surface area contributed by atoms with Gasteiger partial charge in [-0.05, 0) is 36.1 Å². The van der Waals surface area contributed by atoms with Crippen molar-refractivity contribution in [3.8, 4) is 0 Å². The lowest BCUT2D eigenvalue weighted by Crippen LogP contribution is -2.16. The van der Waals surface area contributed by atoms with Crippen LogP contribution in [-0.4, -0.2) is 5.71 Å². The van der Waals surface area contributed by atoms with Gasteiger partial charge in [0, 0.05) is 11.6 Å². The van der Waals surface area contributed by atoms with Crippen molar-refractivity contribution in [2.75, 3.05) is 0 Å². The molecule has 0 heterocycles. The first-order valence-electron chi connectivity index (χ1n) is 7.19. The van der Waals surface area contributed by atoms with Crippen LogP contribution < -0.4 is 0 Å². The van der Waals surface area contributed by atoms with Gasteiger partial charge in [0.25, 0.3) is 0 Å². The summed E-state index contributed by atoms with van der Waals surface area (Å²) in [5, 5.41) is 0. The zero-order valence-corrected chi connectivity index (χ0v) is 11.7. The molecule has 0 bridgehead atoms. The van der Waals surface area contributed by atoms with E-state index in [1.807, 2.05) is 18.2 Å². The van der Waals surface area contributed by atoms with Gasteiger partial charge in [-0.2, -0.15) is 0 Å². The van der Waals surface area contributed by atoms with E-state index < -0.39 is 0 Å². The van der Waals surface area contributed by atoms with E-state index in [4.69, 9.17) is 4.99 Å². The molecule has 2 aromatic carbocycles. The summed E-state index contributed by atoms with van der Waals surface area (Å²) in [5.74, 6) is 1.09. The normalized spacial score (nSPS) is 23.9. The van der Waals surface area contributed by atoms with Crippen molar-refractivity contribution >= 4 is 11.4 Å². The SMILES string of the molecule is CC1CC(=Nc2ccccc2)C=CC1c1ccccc1. The molecule has 2 atom stereocenters. The van der Waals surface area contributed by atoms with E-state index in [9.17, 15) is 0 Å². The summed E-state index contributed by atoms with van der Waals surface area (Å²) < 4.78 is 0. The van der Waals surface area contributed by atoms with Crippen LogP contribution in [0.15, 0.2) is 77.8 Å². The molecule has 1 aliphatic rings.